The smallest absolute Gasteiger partial charge is 0.155 e. The Kier molecular flexibility index (Phi) is 4.15. The molecule has 33 heavy (non-hydrogen) atoms. The van der Waals surface area contributed by atoms with E-state index in [1.54, 1.807) is 19.2 Å². The first kappa shape index (κ1) is 19.3. The summed E-state index contributed by atoms with van der Waals surface area (Å²) in [5.41, 5.74) is 6.89. The number of H-pyrrole nitrogens is 3. The summed E-state index contributed by atoms with van der Waals surface area (Å²) in [6.07, 6.45) is 0. The molecule has 0 aliphatic carbocycles. The zero-order valence-electron chi connectivity index (χ0n) is 17.6. The summed E-state index contributed by atoms with van der Waals surface area (Å²) in [7, 11) is 1.61. The highest BCUT2D eigenvalue weighted by Crippen LogP contribution is 2.39. The third-order valence-corrected chi connectivity index (χ3v) is 5.90. The van der Waals surface area contributed by atoms with Crippen LogP contribution in [0.3, 0.4) is 0 Å². The van der Waals surface area contributed by atoms with Gasteiger partial charge in [0.1, 0.15) is 28.5 Å². The maximum Gasteiger partial charge on any atom is 0.155 e. The Balaban J connectivity index is 1.48. The van der Waals surface area contributed by atoms with E-state index in [9.17, 15) is 0 Å². The molecule has 0 radical (unpaired) electrons. The van der Waals surface area contributed by atoms with Gasteiger partial charge < -0.3 is 19.7 Å². The second-order valence-corrected chi connectivity index (χ2v) is 8.14. The van der Waals surface area contributed by atoms with Crippen molar-refractivity contribution in [2.24, 2.45) is 0 Å². The Bertz CT molecular complexity index is 1750. The molecule has 6 aromatic rings. The Morgan fingerprint density at radius 1 is 0.909 bits per heavy atom. The van der Waals surface area contributed by atoms with Gasteiger partial charge in [0.2, 0.25) is 0 Å². The molecule has 3 N–H and O–H groups in total. The first-order valence-corrected chi connectivity index (χ1v) is 10.5. The third-order valence-electron chi connectivity index (χ3n) is 5.62. The van der Waals surface area contributed by atoms with Crippen LogP contribution in [0.1, 0.15) is 11.4 Å². The Hall–Kier alpha value is -4.35. The molecule has 0 unspecified atom stereocenters. The highest BCUT2D eigenvalue weighted by Gasteiger charge is 2.19. The number of hydrogen-bond acceptors (Lipinski definition) is 5. The predicted octanol–water partition coefficient (Wildman–Crippen LogP) is 5.49. The SMILES string of the molecule is COc1c(-c2nc3ccc(-c4nc5ccc(C#N)cc5[nH]4)cc3[nH]2)cc(Cl)c2nc(C)[nH]c12. The van der Waals surface area contributed by atoms with Crippen LogP contribution in [0.2, 0.25) is 5.02 Å². The molecule has 6 rings (SSSR count). The van der Waals surface area contributed by atoms with E-state index >= 15 is 0 Å². The first-order chi connectivity index (χ1) is 16.0. The number of halogens is 1. The highest BCUT2D eigenvalue weighted by molar-refractivity contribution is 6.35. The van der Waals surface area contributed by atoms with Gasteiger partial charge in [0.25, 0.3) is 0 Å². The van der Waals surface area contributed by atoms with Crippen molar-refractivity contribution in [3.63, 3.8) is 0 Å². The number of nitriles is 1. The molecule has 9 heteroatoms. The highest BCUT2D eigenvalue weighted by atomic mass is 35.5. The summed E-state index contributed by atoms with van der Waals surface area (Å²) >= 11 is 6.51. The lowest BCUT2D eigenvalue weighted by Crippen LogP contribution is -1.92. The fourth-order valence-corrected chi connectivity index (χ4v) is 4.36. The summed E-state index contributed by atoms with van der Waals surface area (Å²) in [5.74, 6) is 2.73. The molecule has 160 valence electrons. The fourth-order valence-electron chi connectivity index (χ4n) is 4.11. The van der Waals surface area contributed by atoms with E-state index in [4.69, 9.17) is 26.6 Å². The second kappa shape index (κ2) is 7.08. The number of fused-ring (bicyclic) bond motifs is 3. The van der Waals surface area contributed by atoms with E-state index < -0.39 is 0 Å². The standard InChI is InChI=1S/C24H16ClN7O/c1-11-27-20-15(25)9-14(22(33-2)21(20)28-11)24-30-17-6-4-13(8-19(17)32-24)23-29-16-5-3-12(10-26)7-18(16)31-23/h3-9H,1-2H3,(H,27,28)(H,29,31)(H,30,32). The van der Waals surface area contributed by atoms with Gasteiger partial charge in [0, 0.05) is 5.56 Å². The average Bonchev–Trinajstić information content (AvgIpc) is 3.53. The van der Waals surface area contributed by atoms with Crippen LogP contribution in [0, 0.1) is 18.3 Å². The van der Waals surface area contributed by atoms with Gasteiger partial charge >= 0.3 is 0 Å². The monoisotopic (exact) mass is 453 g/mol. The largest absolute Gasteiger partial charge is 0.494 e. The van der Waals surface area contributed by atoms with Crippen LogP contribution in [-0.2, 0) is 0 Å². The Morgan fingerprint density at radius 3 is 2.42 bits per heavy atom. The van der Waals surface area contributed by atoms with Crippen molar-refractivity contribution < 1.29 is 4.74 Å². The number of nitrogens with zero attached hydrogens (tertiary/aromatic N) is 4. The maximum absolute atomic E-state index is 9.13. The van der Waals surface area contributed by atoms with Gasteiger partial charge in [0.05, 0.1) is 51.4 Å². The number of benzene rings is 3. The number of aromatic amines is 3. The number of methoxy groups -OCH3 is 1. The van der Waals surface area contributed by atoms with E-state index in [1.807, 2.05) is 37.3 Å². The number of imidazole rings is 3. The van der Waals surface area contributed by atoms with Crippen molar-refractivity contribution in [2.75, 3.05) is 7.11 Å². The number of aryl methyl sites for hydroxylation is 1. The Morgan fingerprint density at radius 2 is 1.64 bits per heavy atom. The van der Waals surface area contributed by atoms with Crippen molar-refractivity contribution in [3.8, 4) is 34.6 Å². The van der Waals surface area contributed by atoms with Crippen molar-refractivity contribution in [1.29, 1.82) is 5.26 Å². The molecule has 3 heterocycles. The van der Waals surface area contributed by atoms with Crippen LogP contribution in [-0.4, -0.2) is 37.0 Å². The molecule has 0 atom stereocenters. The lowest BCUT2D eigenvalue weighted by atomic mass is 10.1. The van der Waals surface area contributed by atoms with Gasteiger partial charge in [-0.25, -0.2) is 15.0 Å². The predicted molar refractivity (Wildman–Crippen MR) is 127 cm³/mol. The van der Waals surface area contributed by atoms with Crippen LogP contribution in [0.5, 0.6) is 5.75 Å². The minimum absolute atomic E-state index is 0.519. The normalized spacial score (nSPS) is 11.5. The molecular weight excluding hydrogens is 438 g/mol. The van der Waals surface area contributed by atoms with Crippen molar-refractivity contribution in [1.82, 2.24) is 29.9 Å². The van der Waals surface area contributed by atoms with E-state index in [1.165, 1.54) is 0 Å². The lowest BCUT2D eigenvalue weighted by Gasteiger charge is -2.08. The molecule has 0 bridgehead atoms. The molecule has 0 aliphatic heterocycles. The minimum Gasteiger partial charge on any atom is -0.494 e. The third kappa shape index (κ3) is 3.02. The molecule has 0 aliphatic rings. The molecule has 0 fully saturated rings. The van der Waals surface area contributed by atoms with Gasteiger partial charge in [-0.3, -0.25) is 0 Å². The summed E-state index contributed by atoms with van der Waals surface area (Å²) in [6, 6.07) is 15.2. The van der Waals surface area contributed by atoms with Crippen molar-refractivity contribution in [2.45, 2.75) is 6.92 Å². The number of ether oxygens (including phenoxy) is 1. The van der Waals surface area contributed by atoms with Gasteiger partial charge in [-0.15, -0.1) is 0 Å². The van der Waals surface area contributed by atoms with E-state index in [0.717, 1.165) is 44.5 Å². The zero-order valence-corrected chi connectivity index (χ0v) is 18.4. The van der Waals surface area contributed by atoms with Crippen molar-refractivity contribution >= 4 is 44.7 Å². The molecule has 0 amide bonds. The molecule has 0 saturated heterocycles. The zero-order chi connectivity index (χ0) is 22.7. The lowest BCUT2D eigenvalue weighted by molar-refractivity contribution is 0.420. The summed E-state index contributed by atoms with van der Waals surface area (Å²) in [6.45, 7) is 1.87. The quantitative estimate of drug-likeness (QED) is 0.327. The van der Waals surface area contributed by atoms with Gasteiger partial charge in [-0.2, -0.15) is 5.26 Å². The van der Waals surface area contributed by atoms with Crippen LogP contribution in [0.15, 0.2) is 42.5 Å². The van der Waals surface area contributed by atoms with Crippen LogP contribution in [0.4, 0.5) is 0 Å². The molecule has 3 aromatic carbocycles. The van der Waals surface area contributed by atoms with Crippen LogP contribution in [0.25, 0.3) is 55.9 Å². The summed E-state index contributed by atoms with van der Waals surface area (Å²) in [4.78, 5) is 23.7. The van der Waals surface area contributed by atoms with Crippen LogP contribution >= 0.6 is 11.6 Å². The number of nitrogens with one attached hydrogen (secondary N) is 3. The minimum atomic E-state index is 0.519. The van der Waals surface area contributed by atoms with Gasteiger partial charge in [0.15, 0.2) is 5.75 Å². The molecule has 3 aromatic heterocycles. The van der Waals surface area contributed by atoms with Gasteiger partial charge in [-0.1, -0.05) is 11.6 Å². The number of rotatable bonds is 3. The van der Waals surface area contributed by atoms with E-state index in [2.05, 4.69) is 31.0 Å². The topological polar surface area (TPSA) is 119 Å². The Labute approximate surface area is 192 Å². The van der Waals surface area contributed by atoms with Crippen LogP contribution < -0.4 is 4.74 Å². The van der Waals surface area contributed by atoms with Crippen molar-refractivity contribution in [3.05, 3.63) is 58.9 Å². The molecule has 8 nitrogen and oxygen atoms in total. The van der Waals surface area contributed by atoms with E-state index in [0.29, 0.717) is 33.5 Å². The molecule has 0 saturated carbocycles. The molecule has 0 spiro atoms. The molecular formula is C24H16ClN7O. The number of aromatic nitrogens is 6. The average molecular weight is 454 g/mol. The number of hydrogen-bond donors (Lipinski definition) is 3. The first-order valence-electron chi connectivity index (χ1n) is 10.2. The second-order valence-electron chi connectivity index (χ2n) is 7.73. The van der Waals surface area contributed by atoms with E-state index in [-0.39, 0.29) is 0 Å². The summed E-state index contributed by atoms with van der Waals surface area (Å²) < 4.78 is 5.70. The summed E-state index contributed by atoms with van der Waals surface area (Å²) in [5, 5.41) is 9.65. The maximum atomic E-state index is 9.13. The van der Waals surface area contributed by atoms with Gasteiger partial charge in [-0.05, 0) is 49.4 Å². The fraction of sp³-hybridized carbons (Fsp3) is 0.0833.